The van der Waals surface area contributed by atoms with Crippen molar-refractivity contribution >= 4 is 0 Å². The van der Waals surface area contributed by atoms with Crippen molar-refractivity contribution in [1.82, 2.24) is 30.8 Å². The molecule has 56 valence electrons. The van der Waals surface area contributed by atoms with Gasteiger partial charge >= 0.3 is 0 Å². The molecule has 2 rings (SSSR count). The number of nitrogens with zero attached hydrogens (tertiary/aromatic N) is 4. The van der Waals surface area contributed by atoms with Crippen LogP contribution in [0.25, 0.3) is 11.5 Å². The molecule has 0 aromatic carbocycles. The summed E-state index contributed by atoms with van der Waals surface area (Å²) >= 11 is 0. The van der Waals surface area contributed by atoms with Crippen molar-refractivity contribution in [3.05, 3.63) is 11.8 Å². The van der Waals surface area contributed by atoms with Gasteiger partial charge in [-0.05, 0) is 18.2 Å². The standard InChI is InChI=1S/C5H6N6/c1-3-2-4(7-6-3)5-8-10-11-9-5/h2H,1H3,(H,6,7)(H,8,9,10,11). The molecule has 0 radical (unpaired) electrons. The topological polar surface area (TPSA) is 83.1 Å². The number of rotatable bonds is 1. The molecule has 6 nitrogen and oxygen atoms in total. The first-order valence-corrected chi connectivity index (χ1v) is 3.12. The number of hydrogen-bond acceptors (Lipinski definition) is 4. The monoisotopic (exact) mass is 150 g/mol. The molecule has 0 unspecified atom stereocenters. The lowest BCUT2D eigenvalue weighted by molar-refractivity contribution is 0.881. The first kappa shape index (κ1) is 6.02. The van der Waals surface area contributed by atoms with E-state index in [1.807, 2.05) is 13.0 Å². The Balaban J connectivity index is 2.45. The highest BCUT2D eigenvalue weighted by molar-refractivity contribution is 5.47. The number of aromatic nitrogens is 6. The van der Waals surface area contributed by atoms with Crippen LogP contribution >= 0.6 is 0 Å². The summed E-state index contributed by atoms with van der Waals surface area (Å²) < 4.78 is 0. The number of tetrazole rings is 1. The second-order valence-corrected chi connectivity index (χ2v) is 2.17. The lowest BCUT2D eigenvalue weighted by atomic mass is 10.4. The van der Waals surface area contributed by atoms with E-state index in [9.17, 15) is 0 Å². The average Bonchev–Trinajstić information content (AvgIpc) is 2.55. The minimum Gasteiger partial charge on any atom is -0.282 e. The van der Waals surface area contributed by atoms with Gasteiger partial charge in [0, 0.05) is 5.69 Å². The summed E-state index contributed by atoms with van der Waals surface area (Å²) in [5, 5.41) is 20.0. The Kier molecular flexibility index (Phi) is 1.18. The molecule has 0 fully saturated rings. The van der Waals surface area contributed by atoms with Crippen LogP contribution in [0.2, 0.25) is 0 Å². The van der Waals surface area contributed by atoms with Crippen LogP contribution < -0.4 is 0 Å². The van der Waals surface area contributed by atoms with Crippen molar-refractivity contribution in [2.75, 3.05) is 0 Å². The van der Waals surface area contributed by atoms with Gasteiger partial charge in [-0.3, -0.25) is 5.10 Å². The zero-order valence-electron chi connectivity index (χ0n) is 5.87. The van der Waals surface area contributed by atoms with Crippen LogP contribution in [0.3, 0.4) is 0 Å². The third-order valence-corrected chi connectivity index (χ3v) is 1.28. The molecule has 0 aliphatic carbocycles. The minimum absolute atomic E-state index is 0.509. The summed E-state index contributed by atoms with van der Waals surface area (Å²) in [5.74, 6) is 0.509. The van der Waals surface area contributed by atoms with E-state index in [0.717, 1.165) is 5.69 Å². The Morgan fingerprint density at radius 3 is 2.82 bits per heavy atom. The lowest BCUT2D eigenvalue weighted by Crippen LogP contribution is -1.79. The molecule has 0 amide bonds. The molecule has 0 spiro atoms. The van der Waals surface area contributed by atoms with Crippen LogP contribution in [0.15, 0.2) is 6.07 Å². The summed E-state index contributed by atoms with van der Waals surface area (Å²) in [6, 6.07) is 1.85. The van der Waals surface area contributed by atoms with Gasteiger partial charge < -0.3 is 0 Å². The van der Waals surface area contributed by atoms with E-state index in [4.69, 9.17) is 0 Å². The second-order valence-electron chi connectivity index (χ2n) is 2.17. The average molecular weight is 150 g/mol. The van der Waals surface area contributed by atoms with E-state index in [1.165, 1.54) is 0 Å². The summed E-state index contributed by atoms with van der Waals surface area (Å²) in [5.41, 5.74) is 1.68. The van der Waals surface area contributed by atoms with E-state index < -0.39 is 0 Å². The Morgan fingerprint density at radius 1 is 1.36 bits per heavy atom. The highest BCUT2D eigenvalue weighted by Gasteiger charge is 2.04. The largest absolute Gasteiger partial charge is 0.282 e. The smallest absolute Gasteiger partial charge is 0.224 e. The normalized spacial score (nSPS) is 10.3. The molecule has 2 aromatic heterocycles. The molecule has 0 aliphatic rings. The SMILES string of the molecule is Cc1cc(-c2nn[nH]n2)n[nH]1. The van der Waals surface area contributed by atoms with E-state index in [0.29, 0.717) is 11.5 Å². The molecular weight excluding hydrogens is 144 g/mol. The van der Waals surface area contributed by atoms with Crippen molar-refractivity contribution in [3.63, 3.8) is 0 Å². The maximum atomic E-state index is 3.95. The fourth-order valence-electron chi connectivity index (χ4n) is 0.803. The first-order valence-electron chi connectivity index (χ1n) is 3.12. The van der Waals surface area contributed by atoms with Gasteiger partial charge in [0.2, 0.25) is 5.82 Å². The van der Waals surface area contributed by atoms with Crippen LogP contribution in [-0.2, 0) is 0 Å². The van der Waals surface area contributed by atoms with Crippen molar-refractivity contribution in [3.8, 4) is 11.5 Å². The van der Waals surface area contributed by atoms with Crippen molar-refractivity contribution in [2.24, 2.45) is 0 Å². The predicted molar refractivity (Wildman–Crippen MR) is 36.5 cm³/mol. The van der Waals surface area contributed by atoms with E-state index >= 15 is 0 Å². The number of hydrogen-bond donors (Lipinski definition) is 2. The number of aryl methyl sites for hydroxylation is 1. The van der Waals surface area contributed by atoms with E-state index in [-0.39, 0.29) is 0 Å². The van der Waals surface area contributed by atoms with Crippen LogP contribution in [-0.4, -0.2) is 30.8 Å². The van der Waals surface area contributed by atoms with Gasteiger partial charge in [0.1, 0.15) is 5.69 Å². The van der Waals surface area contributed by atoms with Crippen LogP contribution in [0, 0.1) is 6.92 Å². The van der Waals surface area contributed by atoms with Crippen molar-refractivity contribution < 1.29 is 0 Å². The summed E-state index contributed by atoms with van der Waals surface area (Å²) in [6.45, 7) is 1.91. The van der Waals surface area contributed by atoms with Crippen molar-refractivity contribution in [1.29, 1.82) is 0 Å². The summed E-state index contributed by atoms with van der Waals surface area (Å²) in [7, 11) is 0. The van der Waals surface area contributed by atoms with Gasteiger partial charge in [0.25, 0.3) is 0 Å². The molecule has 6 heteroatoms. The highest BCUT2D eigenvalue weighted by atomic mass is 15.5. The van der Waals surface area contributed by atoms with Gasteiger partial charge in [0.05, 0.1) is 0 Å². The molecule has 0 bridgehead atoms. The molecule has 0 aliphatic heterocycles. The summed E-state index contributed by atoms with van der Waals surface area (Å²) in [4.78, 5) is 0. The Bertz CT molecular complexity index is 333. The molecule has 0 saturated heterocycles. The van der Waals surface area contributed by atoms with Crippen LogP contribution in [0.4, 0.5) is 0 Å². The summed E-state index contributed by atoms with van der Waals surface area (Å²) in [6.07, 6.45) is 0. The fraction of sp³-hybridized carbons (Fsp3) is 0.200. The molecule has 2 N–H and O–H groups in total. The van der Waals surface area contributed by atoms with Gasteiger partial charge in [-0.15, -0.1) is 10.2 Å². The molecule has 0 saturated carbocycles. The van der Waals surface area contributed by atoms with Gasteiger partial charge in [-0.25, -0.2) is 0 Å². The number of nitrogens with one attached hydrogen (secondary N) is 2. The zero-order chi connectivity index (χ0) is 7.68. The maximum Gasteiger partial charge on any atom is 0.224 e. The number of H-pyrrole nitrogens is 2. The minimum atomic E-state index is 0.509. The molecule has 0 atom stereocenters. The quantitative estimate of drug-likeness (QED) is 0.594. The van der Waals surface area contributed by atoms with Crippen molar-refractivity contribution in [2.45, 2.75) is 6.92 Å². The van der Waals surface area contributed by atoms with Crippen LogP contribution in [0.5, 0.6) is 0 Å². The lowest BCUT2D eigenvalue weighted by Gasteiger charge is -1.78. The fourth-order valence-corrected chi connectivity index (χ4v) is 0.803. The molecule has 2 heterocycles. The van der Waals surface area contributed by atoms with Gasteiger partial charge in [-0.1, -0.05) is 0 Å². The van der Waals surface area contributed by atoms with Crippen LogP contribution in [0.1, 0.15) is 5.69 Å². The first-order chi connectivity index (χ1) is 5.36. The number of aromatic amines is 2. The zero-order valence-corrected chi connectivity index (χ0v) is 5.87. The van der Waals surface area contributed by atoms with E-state index in [2.05, 4.69) is 30.8 Å². The Hall–Kier alpha value is -1.72. The van der Waals surface area contributed by atoms with Gasteiger partial charge in [-0.2, -0.15) is 10.3 Å². The predicted octanol–water partition coefficient (Wildman–Crippen LogP) is -0.102. The molecule has 11 heavy (non-hydrogen) atoms. The Labute approximate surface area is 62.0 Å². The molecular formula is C5H6N6. The van der Waals surface area contributed by atoms with E-state index in [1.54, 1.807) is 0 Å². The second kappa shape index (κ2) is 2.15. The maximum absolute atomic E-state index is 3.95. The highest BCUT2D eigenvalue weighted by Crippen LogP contribution is 2.08. The third kappa shape index (κ3) is 0.977. The molecule has 2 aromatic rings. The Morgan fingerprint density at radius 2 is 2.27 bits per heavy atom. The third-order valence-electron chi connectivity index (χ3n) is 1.28. The van der Waals surface area contributed by atoms with Gasteiger partial charge in [0.15, 0.2) is 0 Å².